The normalized spacial score (nSPS) is 10.6. The molecule has 2 aromatic rings. The predicted octanol–water partition coefficient (Wildman–Crippen LogP) is 0.447. The molecule has 0 aliphatic rings. The molecule has 0 aromatic carbocycles. The van der Waals surface area contributed by atoms with Crippen molar-refractivity contribution in [3.63, 3.8) is 0 Å². The minimum absolute atomic E-state index is 0.342. The van der Waals surface area contributed by atoms with E-state index >= 15 is 0 Å². The van der Waals surface area contributed by atoms with E-state index in [1.54, 1.807) is 12.1 Å². The van der Waals surface area contributed by atoms with Crippen LogP contribution in [0.1, 0.15) is 12.6 Å². The molecule has 0 unspecified atom stereocenters. The molecule has 0 amide bonds. The van der Waals surface area contributed by atoms with E-state index in [9.17, 15) is 9.59 Å². The quantitative estimate of drug-likeness (QED) is 0.860. The number of carboxylic acid groups (broad SMARTS) is 1. The summed E-state index contributed by atoms with van der Waals surface area (Å²) in [5.74, 6) is -0.725. The molecule has 0 saturated heterocycles. The molecule has 2 heterocycles. The lowest BCUT2D eigenvalue weighted by Crippen LogP contribution is -2.28. The number of hydrogen-bond donors (Lipinski definition) is 1. The van der Waals surface area contributed by atoms with E-state index in [2.05, 4.69) is 10.1 Å². The van der Waals surface area contributed by atoms with Gasteiger partial charge in [0.05, 0.1) is 18.2 Å². The van der Waals surface area contributed by atoms with Crippen LogP contribution in [-0.4, -0.2) is 33.0 Å². The summed E-state index contributed by atoms with van der Waals surface area (Å²) in [5.41, 5.74) is 0.549. The van der Waals surface area contributed by atoms with Crippen molar-refractivity contribution in [1.82, 2.24) is 14.8 Å². The number of hydrogen-bond acceptors (Lipinski definition) is 5. The van der Waals surface area contributed by atoms with Crippen LogP contribution in [-0.2, 0) is 17.8 Å². The molecule has 100 valence electrons. The van der Waals surface area contributed by atoms with Gasteiger partial charge < -0.3 is 9.84 Å². The SMILES string of the molecule is CCc1nn(CC(=O)O)c(=O)c2ccc(OC)nc12. The molecule has 0 aliphatic carbocycles. The number of methoxy groups -OCH3 is 1. The van der Waals surface area contributed by atoms with Crippen LogP contribution in [0.2, 0.25) is 0 Å². The van der Waals surface area contributed by atoms with Gasteiger partial charge in [-0.3, -0.25) is 9.59 Å². The molecule has 19 heavy (non-hydrogen) atoms. The smallest absolute Gasteiger partial charge is 0.325 e. The maximum Gasteiger partial charge on any atom is 0.325 e. The van der Waals surface area contributed by atoms with E-state index < -0.39 is 18.1 Å². The number of ether oxygens (including phenoxy) is 1. The van der Waals surface area contributed by atoms with Crippen LogP contribution in [0.3, 0.4) is 0 Å². The van der Waals surface area contributed by atoms with Crippen LogP contribution < -0.4 is 10.3 Å². The predicted molar refractivity (Wildman–Crippen MR) is 67.4 cm³/mol. The Kier molecular flexibility index (Phi) is 3.46. The van der Waals surface area contributed by atoms with Gasteiger partial charge in [0.25, 0.3) is 5.56 Å². The fourth-order valence-corrected chi connectivity index (χ4v) is 1.80. The number of nitrogens with zero attached hydrogens (tertiary/aromatic N) is 3. The number of aryl methyl sites for hydroxylation is 1. The molecule has 0 saturated carbocycles. The molecular formula is C12H13N3O4. The Hall–Kier alpha value is -2.44. The third-order valence-electron chi connectivity index (χ3n) is 2.68. The Morgan fingerprint density at radius 2 is 2.21 bits per heavy atom. The van der Waals surface area contributed by atoms with Crippen LogP contribution in [0.5, 0.6) is 5.88 Å². The van der Waals surface area contributed by atoms with Crippen molar-refractivity contribution in [1.29, 1.82) is 0 Å². The first kappa shape index (κ1) is 13.0. The zero-order valence-corrected chi connectivity index (χ0v) is 10.6. The van der Waals surface area contributed by atoms with Gasteiger partial charge in [0.15, 0.2) is 0 Å². The lowest BCUT2D eigenvalue weighted by Gasteiger charge is -2.08. The molecule has 0 aliphatic heterocycles. The Labute approximate surface area is 108 Å². The third-order valence-corrected chi connectivity index (χ3v) is 2.68. The van der Waals surface area contributed by atoms with Crippen molar-refractivity contribution in [2.24, 2.45) is 0 Å². The van der Waals surface area contributed by atoms with Crippen LogP contribution in [0.25, 0.3) is 10.9 Å². The highest BCUT2D eigenvalue weighted by atomic mass is 16.5. The number of pyridine rings is 1. The average molecular weight is 263 g/mol. The van der Waals surface area contributed by atoms with Crippen molar-refractivity contribution in [2.45, 2.75) is 19.9 Å². The summed E-state index contributed by atoms with van der Waals surface area (Å²) in [6.45, 7) is 1.40. The molecule has 1 N–H and O–H groups in total. The fourth-order valence-electron chi connectivity index (χ4n) is 1.80. The van der Waals surface area contributed by atoms with Gasteiger partial charge in [-0.15, -0.1) is 0 Å². The van der Waals surface area contributed by atoms with Crippen LogP contribution in [0.4, 0.5) is 0 Å². The second kappa shape index (κ2) is 5.05. The van der Waals surface area contributed by atoms with E-state index in [-0.39, 0.29) is 0 Å². The molecule has 2 aromatic heterocycles. The zero-order valence-electron chi connectivity index (χ0n) is 10.6. The van der Waals surface area contributed by atoms with E-state index in [0.29, 0.717) is 28.9 Å². The van der Waals surface area contributed by atoms with Crippen molar-refractivity contribution < 1.29 is 14.6 Å². The van der Waals surface area contributed by atoms with Crippen LogP contribution in [0.15, 0.2) is 16.9 Å². The molecule has 0 bridgehead atoms. The van der Waals surface area contributed by atoms with Crippen molar-refractivity contribution in [3.05, 3.63) is 28.2 Å². The van der Waals surface area contributed by atoms with Gasteiger partial charge in [0.1, 0.15) is 12.1 Å². The molecule has 0 spiro atoms. The standard InChI is InChI=1S/C12H13N3O4/c1-3-8-11-7(4-5-9(13-11)19-2)12(18)15(14-8)6-10(16)17/h4-5H,3,6H2,1-2H3,(H,16,17). The highest BCUT2D eigenvalue weighted by molar-refractivity contribution is 5.80. The van der Waals surface area contributed by atoms with Gasteiger partial charge in [-0.05, 0) is 12.5 Å². The number of fused-ring (bicyclic) bond motifs is 1. The van der Waals surface area contributed by atoms with Gasteiger partial charge in [-0.25, -0.2) is 9.67 Å². The first-order valence-corrected chi connectivity index (χ1v) is 5.73. The number of aromatic nitrogens is 3. The summed E-state index contributed by atoms with van der Waals surface area (Å²) in [5, 5.41) is 13.2. The minimum atomic E-state index is -1.11. The molecule has 0 radical (unpaired) electrons. The van der Waals surface area contributed by atoms with Crippen molar-refractivity contribution in [2.75, 3.05) is 7.11 Å². The molecule has 7 nitrogen and oxygen atoms in total. The van der Waals surface area contributed by atoms with E-state index in [0.717, 1.165) is 4.68 Å². The summed E-state index contributed by atoms with van der Waals surface area (Å²) in [6, 6.07) is 3.14. The fraction of sp³-hybridized carbons (Fsp3) is 0.333. The third kappa shape index (κ3) is 2.40. The monoisotopic (exact) mass is 263 g/mol. The zero-order chi connectivity index (χ0) is 14.0. The molecule has 0 fully saturated rings. The molecule has 2 rings (SSSR count). The van der Waals surface area contributed by atoms with E-state index in [4.69, 9.17) is 9.84 Å². The second-order valence-corrected chi connectivity index (χ2v) is 3.91. The van der Waals surface area contributed by atoms with E-state index in [1.807, 2.05) is 6.92 Å². The Morgan fingerprint density at radius 1 is 1.47 bits per heavy atom. The summed E-state index contributed by atoms with van der Waals surface area (Å²) >= 11 is 0. The van der Waals surface area contributed by atoms with Crippen LogP contribution >= 0.6 is 0 Å². The highest BCUT2D eigenvalue weighted by Crippen LogP contribution is 2.16. The van der Waals surface area contributed by atoms with Crippen molar-refractivity contribution >= 4 is 16.9 Å². The maximum atomic E-state index is 12.1. The first-order valence-electron chi connectivity index (χ1n) is 5.73. The minimum Gasteiger partial charge on any atom is -0.481 e. The number of carbonyl (C=O) groups is 1. The van der Waals surface area contributed by atoms with Crippen molar-refractivity contribution in [3.8, 4) is 5.88 Å². The summed E-state index contributed by atoms with van der Waals surface area (Å²) < 4.78 is 5.96. The lowest BCUT2D eigenvalue weighted by atomic mass is 10.2. The van der Waals surface area contributed by atoms with Gasteiger partial charge in [-0.1, -0.05) is 6.92 Å². The molecule has 0 atom stereocenters. The van der Waals surface area contributed by atoms with E-state index in [1.165, 1.54) is 7.11 Å². The van der Waals surface area contributed by atoms with Gasteiger partial charge in [0.2, 0.25) is 5.88 Å². The highest BCUT2D eigenvalue weighted by Gasteiger charge is 2.13. The summed E-state index contributed by atoms with van der Waals surface area (Å²) in [7, 11) is 1.48. The molecule has 7 heteroatoms. The Balaban J connectivity index is 2.75. The average Bonchev–Trinajstić information content (AvgIpc) is 2.40. The first-order chi connectivity index (χ1) is 9.06. The largest absolute Gasteiger partial charge is 0.481 e. The van der Waals surface area contributed by atoms with Gasteiger partial charge in [-0.2, -0.15) is 5.10 Å². The number of rotatable bonds is 4. The number of aliphatic carboxylic acids is 1. The topological polar surface area (TPSA) is 94.3 Å². The summed E-state index contributed by atoms with van der Waals surface area (Å²) in [6.07, 6.45) is 0.538. The number of carboxylic acids is 1. The second-order valence-electron chi connectivity index (χ2n) is 3.91. The van der Waals surface area contributed by atoms with Crippen LogP contribution in [0, 0.1) is 0 Å². The van der Waals surface area contributed by atoms with Gasteiger partial charge >= 0.3 is 5.97 Å². The molecular weight excluding hydrogens is 250 g/mol. The Bertz CT molecular complexity index is 693. The maximum absolute atomic E-state index is 12.1. The van der Waals surface area contributed by atoms with Gasteiger partial charge in [0, 0.05) is 6.07 Å². The Morgan fingerprint density at radius 3 is 2.79 bits per heavy atom. The lowest BCUT2D eigenvalue weighted by molar-refractivity contribution is -0.138. The summed E-state index contributed by atoms with van der Waals surface area (Å²) in [4.78, 5) is 27.0.